The van der Waals surface area contributed by atoms with Gasteiger partial charge in [-0.05, 0) is 12.1 Å². The van der Waals surface area contributed by atoms with E-state index >= 15 is 0 Å². The summed E-state index contributed by atoms with van der Waals surface area (Å²) in [7, 11) is 0. The minimum absolute atomic E-state index is 0.0692. The molecule has 2 rings (SSSR count). The first-order valence-corrected chi connectivity index (χ1v) is 5.75. The van der Waals surface area contributed by atoms with Gasteiger partial charge in [0.05, 0.1) is 22.9 Å². The zero-order valence-electron chi connectivity index (χ0n) is 9.44. The van der Waals surface area contributed by atoms with Crippen LogP contribution in [0.5, 0.6) is 0 Å². The van der Waals surface area contributed by atoms with E-state index in [1.807, 2.05) is 6.07 Å². The molecule has 0 spiro atoms. The highest BCUT2D eigenvalue weighted by Crippen LogP contribution is 2.29. The molecule has 0 bridgehead atoms. The van der Waals surface area contributed by atoms with E-state index < -0.39 is 11.5 Å². The summed E-state index contributed by atoms with van der Waals surface area (Å²) in [6.07, 6.45) is 0.347. The van der Waals surface area contributed by atoms with Gasteiger partial charge in [0, 0.05) is 13.0 Å². The van der Waals surface area contributed by atoms with Gasteiger partial charge < -0.3 is 15.2 Å². The molecule has 1 fully saturated rings. The van der Waals surface area contributed by atoms with Gasteiger partial charge in [0.2, 0.25) is 0 Å². The molecule has 1 aromatic rings. The number of halogens is 1. The number of nitrogens with zero attached hydrogens (tertiary/aromatic N) is 1. The normalized spacial score (nSPS) is 22.4. The molecule has 2 N–H and O–H groups in total. The van der Waals surface area contributed by atoms with Crippen molar-refractivity contribution in [3.05, 3.63) is 28.8 Å². The molecule has 0 aliphatic carbocycles. The lowest BCUT2D eigenvalue weighted by Gasteiger charge is -2.25. The number of hydrogen-bond acceptors (Lipinski definition) is 4. The van der Waals surface area contributed by atoms with Crippen LogP contribution in [0.1, 0.15) is 12.0 Å². The molecule has 0 aromatic heterocycles. The Kier molecular flexibility index (Phi) is 3.41. The lowest BCUT2D eigenvalue weighted by molar-refractivity contribution is -0.142. The van der Waals surface area contributed by atoms with E-state index in [2.05, 4.69) is 5.32 Å². The third-order valence-electron chi connectivity index (χ3n) is 2.93. The first kappa shape index (κ1) is 12.7. The van der Waals surface area contributed by atoms with Crippen LogP contribution in [0.4, 0.5) is 5.69 Å². The van der Waals surface area contributed by atoms with Crippen molar-refractivity contribution in [2.45, 2.75) is 12.0 Å². The minimum Gasteiger partial charge on any atom is -0.479 e. The van der Waals surface area contributed by atoms with E-state index in [9.17, 15) is 9.90 Å². The van der Waals surface area contributed by atoms with E-state index in [1.54, 1.807) is 18.2 Å². The maximum Gasteiger partial charge on any atom is 0.331 e. The molecule has 1 saturated heterocycles. The summed E-state index contributed by atoms with van der Waals surface area (Å²) >= 11 is 5.90. The van der Waals surface area contributed by atoms with Crippen LogP contribution in [-0.2, 0) is 9.53 Å². The quantitative estimate of drug-likeness (QED) is 0.873. The van der Waals surface area contributed by atoms with Crippen molar-refractivity contribution < 1.29 is 14.6 Å². The third kappa shape index (κ3) is 2.13. The van der Waals surface area contributed by atoms with Crippen molar-refractivity contribution in [3.63, 3.8) is 0 Å². The Morgan fingerprint density at radius 1 is 1.61 bits per heavy atom. The third-order valence-corrected chi connectivity index (χ3v) is 3.25. The van der Waals surface area contributed by atoms with Crippen molar-refractivity contribution in [3.8, 4) is 6.07 Å². The number of anilines is 1. The molecule has 0 saturated carbocycles. The lowest BCUT2D eigenvalue weighted by Crippen LogP contribution is -2.47. The van der Waals surface area contributed by atoms with Crippen LogP contribution >= 0.6 is 11.6 Å². The van der Waals surface area contributed by atoms with Crippen molar-refractivity contribution >= 4 is 23.3 Å². The molecule has 1 heterocycles. The first-order chi connectivity index (χ1) is 8.59. The molecule has 18 heavy (non-hydrogen) atoms. The molecular weight excluding hydrogens is 256 g/mol. The van der Waals surface area contributed by atoms with Crippen LogP contribution in [0, 0.1) is 11.3 Å². The molecule has 0 amide bonds. The van der Waals surface area contributed by atoms with Crippen molar-refractivity contribution in [1.29, 1.82) is 5.26 Å². The average molecular weight is 267 g/mol. The van der Waals surface area contributed by atoms with Gasteiger partial charge in [-0.3, -0.25) is 0 Å². The number of carbonyl (C=O) groups is 1. The van der Waals surface area contributed by atoms with Gasteiger partial charge in [0.25, 0.3) is 0 Å². The summed E-state index contributed by atoms with van der Waals surface area (Å²) in [5.74, 6) is -0.996. The second-order valence-corrected chi connectivity index (χ2v) is 4.50. The fourth-order valence-electron chi connectivity index (χ4n) is 1.89. The van der Waals surface area contributed by atoms with Gasteiger partial charge in [-0.2, -0.15) is 5.26 Å². The summed E-state index contributed by atoms with van der Waals surface area (Å²) in [4.78, 5) is 11.4. The Bertz CT molecular complexity index is 519. The van der Waals surface area contributed by atoms with Gasteiger partial charge >= 0.3 is 5.97 Å². The Balaban J connectivity index is 2.37. The summed E-state index contributed by atoms with van der Waals surface area (Å²) in [6.45, 7) is 0.446. The predicted octanol–water partition coefficient (Wildman–Crippen LogP) is 1.87. The van der Waals surface area contributed by atoms with E-state index in [-0.39, 0.29) is 12.2 Å². The molecule has 94 valence electrons. The number of hydrogen-bond donors (Lipinski definition) is 2. The van der Waals surface area contributed by atoms with Gasteiger partial charge in [-0.15, -0.1) is 0 Å². The average Bonchev–Trinajstić information content (AvgIpc) is 2.79. The molecule has 0 radical (unpaired) electrons. The number of benzene rings is 1. The number of nitrogens with one attached hydrogen (secondary N) is 1. The van der Waals surface area contributed by atoms with Crippen LogP contribution in [0.25, 0.3) is 0 Å². The van der Waals surface area contributed by atoms with Crippen LogP contribution in [0.2, 0.25) is 5.02 Å². The first-order valence-electron chi connectivity index (χ1n) is 5.37. The van der Waals surface area contributed by atoms with Crippen molar-refractivity contribution in [2.75, 3.05) is 18.5 Å². The standard InChI is InChI=1S/C12H11ClN2O3/c13-9-2-1-3-10(8(9)6-14)15-12(11(16)17)4-5-18-7-12/h1-3,15H,4-5,7H2,(H,16,17). The molecule has 5 nitrogen and oxygen atoms in total. The topological polar surface area (TPSA) is 82.4 Å². The van der Waals surface area contributed by atoms with E-state index in [4.69, 9.17) is 21.6 Å². The highest BCUT2D eigenvalue weighted by Gasteiger charge is 2.43. The number of carboxylic acid groups (broad SMARTS) is 1. The highest BCUT2D eigenvalue weighted by atomic mass is 35.5. The summed E-state index contributed by atoms with van der Waals surface area (Å²) in [5, 5.41) is 21.5. The Morgan fingerprint density at radius 3 is 2.94 bits per heavy atom. The minimum atomic E-state index is -1.18. The van der Waals surface area contributed by atoms with Crippen LogP contribution in [0.15, 0.2) is 18.2 Å². The van der Waals surface area contributed by atoms with Crippen LogP contribution in [0.3, 0.4) is 0 Å². The summed E-state index contributed by atoms with van der Waals surface area (Å²) < 4.78 is 5.14. The molecule has 1 aromatic carbocycles. The molecule has 1 aliphatic rings. The Morgan fingerprint density at radius 2 is 2.39 bits per heavy atom. The number of nitriles is 1. The van der Waals surface area contributed by atoms with Gasteiger partial charge in [0.15, 0.2) is 5.54 Å². The van der Waals surface area contributed by atoms with Gasteiger partial charge in [0.1, 0.15) is 6.07 Å². The van der Waals surface area contributed by atoms with E-state index in [0.29, 0.717) is 23.7 Å². The van der Waals surface area contributed by atoms with Gasteiger partial charge in [-0.1, -0.05) is 17.7 Å². The fourth-order valence-corrected chi connectivity index (χ4v) is 2.10. The smallest absolute Gasteiger partial charge is 0.331 e. The van der Waals surface area contributed by atoms with Crippen LogP contribution < -0.4 is 5.32 Å². The summed E-state index contributed by atoms with van der Waals surface area (Å²) in [6, 6.07) is 6.85. The Labute approximate surface area is 109 Å². The van der Waals surface area contributed by atoms with Crippen LogP contribution in [-0.4, -0.2) is 29.8 Å². The number of ether oxygens (including phenoxy) is 1. The predicted molar refractivity (Wildman–Crippen MR) is 65.6 cm³/mol. The Hall–Kier alpha value is -1.77. The molecule has 1 atom stereocenters. The largest absolute Gasteiger partial charge is 0.479 e. The van der Waals surface area contributed by atoms with Gasteiger partial charge in [-0.25, -0.2) is 4.79 Å². The number of rotatable bonds is 3. The monoisotopic (exact) mass is 266 g/mol. The van der Waals surface area contributed by atoms with Crippen molar-refractivity contribution in [2.24, 2.45) is 0 Å². The molecule has 6 heteroatoms. The molecular formula is C12H11ClN2O3. The number of carboxylic acids is 1. The molecule has 1 unspecified atom stereocenters. The second kappa shape index (κ2) is 4.84. The lowest BCUT2D eigenvalue weighted by atomic mass is 9.98. The summed E-state index contributed by atoms with van der Waals surface area (Å²) in [5.41, 5.74) is -0.527. The SMILES string of the molecule is N#Cc1c(Cl)cccc1NC1(C(=O)O)CCOC1. The zero-order chi connectivity index (χ0) is 13.2. The second-order valence-electron chi connectivity index (χ2n) is 4.09. The fraction of sp³-hybridized carbons (Fsp3) is 0.333. The zero-order valence-corrected chi connectivity index (χ0v) is 10.2. The van der Waals surface area contributed by atoms with E-state index in [1.165, 1.54) is 0 Å². The van der Waals surface area contributed by atoms with Crippen molar-refractivity contribution in [1.82, 2.24) is 0 Å². The number of aliphatic carboxylic acids is 1. The van der Waals surface area contributed by atoms with E-state index in [0.717, 1.165) is 0 Å². The highest BCUT2D eigenvalue weighted by molar-refractivity contribution is 6.32. The molecule has 1 aliphatic heterocycles. The maximum atomic E-state index is 11.4. The maximum absolute atomic E-state index is 11.4.